The lowest BCUT2D eigenvalue weighted by atomic mass is 10.2. The minimum absolute atomic E-state index is 0.207. The Balaban J connectivity index is 1.03. The van der Waals surface area contributed by atoms with E-state index in [1.807, 2.05) is 0 Å². The Kier molecular flexibility index (Phi) is 16.9. The fraction of sp³-hybridized carbons (Fsp3) is 0.208. The Morgan fingerprint density at radius 1 is 0.452 bits per heavy atom. The Morgan fingerprint density at radius 3 is 1.21 bits per heavy atom. The number of carbonyl (C=O) groups is 6. The molecule has 0 atom stereocenters. The molecular formula is C48H44O14. The molecule has 14 nitrogen and oxygen atoms in total. The molecule has 0 aliphatic carbocycles. The van der Waals surface area contributed by atoms with Gasteiger partial charge in [0, 0.05) is 13.0 Å². The van der Waals surface area contributed by atoms with Crippen LogP contribution in [0.5, 0.6) is 34.5 Å². The summed E-state index contributed by atoms with van der Waals surface area (Å²) in [5, 5.41) is 0. The molecule has 0 radical (unpaired) electrons. The maximum Gasteiger partial charge on any atom is 0.343 e. The molecule has 0 aromatic heterocycles. The van der Waals surface area contributed by atoms with Crippen molar-refractivity contribution >= 4 is 35.8 Å². The van der Waals surface area contributed by atoms with Crippen molar-refractivity contribution in [1.82, 2.24) is 0 Å². The molecule has 0 fully saturated rings. The minimum atomic E-state index is -0.658. The molecule has 5 rings (SSSR count). The summed E-state index contributed by atoms with van der Waals surface area (Å²) in [7, 11) is 0. The average Bonchev–Trinajstić information content (AvgIpc) is 3.27. The number of hydrogen-bond donors (Lipinski definition) is 0. The summed E-state index contributed by atoms with van der Waals surface area (Å²) in [6, 6.07) is 29.2. The number of benzene rings is 5. The highest BCUT2D eigenvalue weighted by Crippen LogP contribution is 2.26. The maximum atomic E-state index is 12.9. The molecule has 0 spiro atoms. The van der Waals surface area contributed by atoms with Crippen molar-refractivity contribution in [3.05, 3.63) is 156 Å². The topological polar surface area (TPSA) is 176 Å². The number of ether oxygens (including phenoxy) is 8. The van der Waals surface area contributed by atoms with Gasteiger partial charge in [-0.15, -0.1) is 0 Å². The maximum absolute atomic E-state index is 12.9. The van der Waals surface area contributed by atoms with Crippen LogP contribution in [0, 0.1) is 6.92 Å². The second kappa shape index (κ2) is 23.2. The predicted molar refractivity (Wildman–Crippen MR) is 224 cm³/mol. The van der Waals surface area contributed by atoms with Crippen LogP contribution < -0.4 is 28.4 Å². The smallest absolute Gasteiger partial charge is 0.343 e. The number of carbonyl (C=O) groups excluding carboxylic acids is 6. The lowest BCUT2D eigenvalue weighted by Crippen LogP contribution is -2.11. The summed E-state index contributed by atoms with van der Waals surface area (Å²) in [6.07, 6.45) is 3.79. The molecule has 62 heavy (non-hydrogen) atoms. The first kappa shape index (κ1) is 45.3. The molecule has 0 aliphatic rings. The fourth-order valence-corrected chi connectivity index (χ4v) is 5.39. The molecular weight excluding hydrogens is 801 g/mol. The number of aryl methyl sites for hydroxylation is 1. The molecule has 0 amide bonds. The van der Waals surface area contributed by atoms with Crippen molar-refractivity contribution in [3.8, 4) is 34.5 Å². The summed E-state index contributed by atoms with van der Waals surface area (Å²) in [4.78, 5) is 73.1. The van der Waals surface area contributed by atoms with Gasteiger partial charge < -0.3 is 37.9 Å². The normalized spacial score (nSPS) is 10.4. The first-order valence-electron chi connectivity index (χ1n) is 19.5. The number of unbranched alkanes of at least 4 members (excludes halogenated alkanes) is 2. The van der Waals surface area contributed by atoms with E-state index < -0.39 is 29.8 Å². The van der Waals surface area contributed by atoms with Crippen molar-refractivity contribution in [2.75, 3.05) is 26.4 Å². The van der Waals surface area contributed by atoms with E-state index in [1.165, 1.54) is 67.6 Å². The largest absolute Gasteiger partial charge is 0.494 e. The van der Waals surface area contributed by atoms with Crippen LogP contribution in [0.4, 0.5) is 0 Å². The van der Waals surface area contributed by atoms with Gasteiger partial charge in [-0.05, 0) is 153 Å². The fourth-order valence-electron chi connectivity index (χ4n) is 5.39. The van der Waals surface area contributed by atoms with Crippen molar-refractivity contribution < 1.29 is 66.7 Å². The molecule has 0 heterocycles. The van der Waals surface area contributed by atoms with Crippen molar-refractivity contribution in [1.29, 1.82) is 0 Å². The van der Waals surface area contributed by atoms with Crippen LogP contribution in [0.15, 0.2) is 128 Å². The van der Waals surface area contributed by atoms with Crippen LogP contribution in [0.2, 0.25) is 0 Å². The summed E-state index contributed by atoms with van der Waals surface area (Å²) >= 11 is 0. The van der Waals surface area contributed by atoms with Gasteiger partial charge in [0.05, 0.1) is 48.7 Å². The van der Waals surface area contributed by atoms with E-state index in [-0.39, 0.29) is 46.7 Å². The zero-order chi connectivity index (χ0) is 44.3. The number of hydrogen-bond acceptors (Lipinski definition) is 14. The molecule has 0 saturated carbocycles. The Labute approximate surface area is 357 Å². The third-order valence-corrected chi connectivity index (χ3v) is 8.67. The second-order valence-electron chi connectivity index (χ2n) is 13.4. The third kappa shape index (κ3) is 14.5. The SMILES string of the molecule is C=CC(=O)OCCCCOc1ccc(C(=O)Oc2ccc(C(=O)Oc3ccc(OC(=O)c4ccc(OC(=O)c5ccc(OCCCCOC(C)=O)cc5)cc4)cc3C)cc2)cc1. The zero-order valence-corrected chi connectivity index (χ0v) is 34.1. The molecule has 320 valence electrons. The van der Waals surface area contributed by atoms with Crippen LogP contribution in [-0.4, -0.2) is 62.2 Å². The first-order chi connectivity index (χ1) is 30.0. The van der Waals surface area contributed by atoms with E-state index in [0.717, 1.165) is 6.08 Å². The van der Waals surface area contributed by atoms with Gasteiger partial charge in [0.15, 0.2) is 0 Å². The molecule has 0 saturated heterocycles. The Morgan fingerprint density at radius 2 is 0.806 bits per heavy atom. The first-order valence-corrected chi connectivity index (χ1v) is 19.5. The molecule has 0 aliphatic heterocycles. The Hall–Kier alpha value is -7.74. The van der Waals surface area contributed by atoms with E-state index in [4.69, 9.17) is 37.9 Å². The standard InChI is InChI=1S/C48H44O14/c1-4-44(50)58-30-8-7-29-57-39-19-11-35(12-20-39)46(52)60-41-23-15-37(16-24-41)48(54)62-43-26-25-42(31-32(43)2)61-47(53)36-13-21-40(22-14-36)59-45(51)34-9-17-38(18-10-34)56-28-6-5-27-55-33(3)49/h4,9-26,31H,1,5-8,27-30H2,2-3H3. The van der Waals surface area contributed by atoms with Crippen LogP contribution in [0.3, 0.4) is 0 Å². The highest BCUT2D eigenvalue weighted by Gasteiger charge is 2.16. The number of rotatable bonds is 21. The van der Waals surface area contributed by atoms with Gasteiger partial charge in [0.1, 0.15) is 34.5 Å². The molecule has 5 aromatic rings. The summed E-state index contributed by atoms with van der Waals surface area (Å²) in [6.45, 7) is 7.85. The van der Waals surface area contributed by atoms with Gasteiger partial charge in [0.25, 0.3) is 0 Å². The monoisotopic (exact) mass is 844 g/mol. The average molecular weight is 845 g/mol. The van der Waals surface area contributed by atoms with Gasteiger partial charge in [0.2, 0.25) is 0 Å². The quantitative estimate of drug-likeness (QED) is 0.0297. The van der Waals surface area contributed by atoms with Gasteiger partial charge in [-0.1, -0.05) is 6.58 Å². The molecule has 5 aromatic carbocycles. The molecule has 0 unspecified atom stereocenters. The van der Waals surface area contributed by atoms with E-state index in [9.17, 15) is 28.8 Å². The molecule has 14 heteroatoms. The van der Waals surface area contributed by atoms with Crippen LogP contribution in [0.1, 0.15) is 79.6 Å². The van der Waals surface area contributed by atoms with E-state index in [1.54, 1.807) is 61.5 Å². The van der Waals surface area contributed by atoms with Crippen LogP contribution >= 0.6 is 0 Å². The third-order valence-electron chi connectivity index (χ3n) is 8.67. The van der Waals surface area contributed by atoms with E-state index in [0.29, 0.717) is 73.7 Å². The van der Waals surface area contributed by atoms with Crippen LogP contribution in [-0.2, 0) is 19.1 Å². The van der Waals surface area contributed by atoms with Gasteiger partial charge in [-0.25, -0.2) is 24.0 Å². The van der Waals surface area contributed by atoms with Gasteiger partial charge >= 0.3 is 35.8 Å². The van der Waals surface area contributed by atoms with E-state index in [2.05, 4.69) is 6.58 Å². The van der Waals surface area contributed by atoms with E-state index >= 15 is 0 Å². The zero-order valence-electron chi connectivity index (χ0n) is 34.1. The predicted octanol–water partition coefficient (Wildman–Crippen LogP) is 8.48. The summed E-state index contributed by atoms with van der Waals surface area (Å²) in [5.74, 6) is -1.24. The second-order valence-corrected chi connectivity index (χ2v) is 13.4. The summed E-state index contributed by atoms with van der Waals surface area (Å²) in [5.41, 5.74) is 1.54. The lowest BCUT2D eigenvalue weighted by Gasteiger charge is -2.11. The number of esters is 6. The van der Waals surface area contributed by atoms with Gasteiger partial charge in [-0.3, -0.25) is 4.79 Å². The highest BCUT2D eigenvalue weighted by molar-refractivity contribution is 5.94. The lowest BCUT2D eigenvalue weighted by molar-refractivity contribution is -0.141. The van der Waals surface area contributed by atoms with Crippen LogP contribution in [0.25, 0.3) is 0 Å². The minimum Gasteiger partial charge on any atom is -0.494 e. The highest BCUT2D eigenvalue weighted by atomic mass is 16.6. The van der Waals surface area contributed by atoms with Crippen molar-refractivity contribution in [3.63, 3.8) is 0 Å². The summed E-state index contributed by atoms with van der Waals surface area (Å²) < 4.78 is 43.1. The molecule has 0 N–H and O–H groups in total. The van der Waals surface area contributed by atoms with Gasteiger partial charge in [-0.2, -0.15) is 0 Å². The molecule has 0 bridgehead atoms. The van der Waals surface area contributed by atoms with Crippen molar-refractivity contribution in [2.24, 2.45) is 0 Å². The van der Waals surface area contributed by atoms with Crippen molar-refractivity contribution in [2.45, 2.75) is 39.5 Å². The Bertz CT molecular complexity index is 2330.